The first-order chi connectivity index (χ1) is 7.24. The van der Waals surface area contributed by atoms with E-state index in [1.807, 2.05) is 6.07 Å². The van der Waals surface area contributed by atoms with Crippen LogP contribution in [-0.4, -0.2) is 19.2 Å². The summed E-state index contributed by atoms with van der Waals surface area (Å²) in [7, 11) is 3.11. The Bertz CT molecular complexity index is 463. The van der Waals surface area contributed by atoms with Crippen molar-refractivity contribution < 1.29 is 13.9 Å². The lowest BCUT2D eigenvalue weighted by Gasteiger charge is -2.10. The Morgan fingerprint density at radius 1 is 1.20 bits per heavy atom. The second kappa shape index (κ2) is 4.00. The summed E-state index contributed by atoms with van der Waals surface area (Å²) >= 11 is 0. The van der Waals surface area contributed by atoms with Crippen LogP contribution in [0.5, 0.6) is 0 Å². The summed E-state index contributed by atoms with van der Waals surface area (Å²) in [5, 5.41) is 0.809. The van der Waals surface area contributed by atoms with Gasteiger partial charge in [0.15, 0.2) is 6.29 Å². The van der Waals surface area contributed by atoms with Gasteiger partial charge in [-0.1, -0.05) is 0 Å². The fourth-order valence-corrected chi connectivity index (χ4v) is 1.60. The highest BCUT2D eigenvalue weighted by molar-refractivity contribution is 5.80. The zero-order valence-corrected chi connectivity index (χ0v) is 8.58. The first-order valence-corrected chi connectivity index (χ1v) is 4.58. The van der Waals surface area contributed by atoms with Gasteiger partial charge in [0.05, 0.1) is 5.69 Å². The number of methoxy groups -OCH3 is 2. The minimum atomic E-state index is -0.444. The Hall–Kier alpha value is -1.39. The molecule has 0 fully saturated rings. The number of aromatic amines is 1. The lowest BCUT2D eigenvalue weighted by atomic mass is 10.2. The molecule has 80 valence electrons. The molecule has 2 rings (SSSR count). The highest BCUT2D eigenvalue weighted by Gasteiger charge is 2.11. The molecule has 0 spiro atoms. The molecule has 1 aromatic heterocycles. The molecule has 0 unspecified atom stereocenters. The molecule has 0 bridgehead atoms. The van der Waals surface area contributed by atoms with Crippen LogP contribution in [0.1, 0.15) is 12.0 Å². The molecule has 1 aromatic carbocycles. The van der Waals surface area contributed by atoms with Crippen molar-refractivity contribution in [1.82, 2.24) is 4.98 Å². The molecule has 1 N–H and O–H groups in total. The van der Waals surface area contributed by atoms with Crippen LogP contribution in [0, 0.1) is 5.82 Å². The second-order valence-electron chi connectivity index (χ2n) is 3.26. The highest BCUT2D eigenvalue weighted by Crippen LogP contribution is 2.22. The number of fused-ring (bicyclic) bond motifs is 1. The summed E-state index contributed by atoms with van der Waals surface area (Å²) in [6, 6.07) is 6.39. The fraction of sp³-hybridized carbons (Fsp3) is 0.273. The van der Waals surface area contributed by atoms with Crippen molar-refractivity contribution in [2.24, 2.45) is 0 Å². The summed E-state index contributed by atoms with van der Waals surface area (Å²) < 4.78 is 23.1. The van der Waals surface area contributed by atoms with E-state index in [1.54, 1.807) is 20.3 Å². The SMILES string of the molecule is COC(OC)c1cc2cc(F)ccc2[nH]1. The Morgan fingerprint density at radius 3 is 2.60 bits per heavy atom. The number of H-pyrrole nitrogens is 1. The fourth-order valence-electron chi connectivity index (χ4n) is 1.60. The largest absolute Gasteiger partial charge is 0.354 e. The van der Waals surface area contributed by atoms with Crippen LogP contribution < -0.4 is 0 Å². The lowest BCUT2D eigenvalue weighted by molar-refractivity contribution is -0.108. The number of aromatic nitrogens is 1. The van der Waals surface area contributed by atoms with E-state index in [1.165, 1.54) is 12.1 Å². The molecule has 2 aromatic rings. The van der Waals surface area contributed by atoms with Crippen LogP contribution >= 0.6 is 0 Å². The molecule has 0 aliphatic carbocycles. The van der Waals surface area contributed by atoms with E-state index in [2.05, 4.69) is 4.98 Å². The normalized spacial score (nSPS) is 11.5. The average Bonchev–Trinajstić information content (AvgIpc) is 2.62. The average molecular weight is 209 g/mol. The molecule has 0 aliphatic rings. The molecule has 4 heteroatoms. The van der Waals surface area contributed by atoms with Gasteiger partial charge in [-0.2, -0.15) is 0 Å². The van der Waals surface area contributed by atoms with Gasteiger partial charge in [-0.25, -0.2) is 4.39 Å². The van der Waals surface area contributed by atoms with Crippen molar-refractivity contribution in [3.8, 4) is 0 Å². The summed E-state index contributed by atoms with van der Waals surface area (Å²) in [6.07, 6.45) is -0.444. The zero-order chi connectivity index (χ0) is 10.8. The maximum atomic E-state index is 12.9. The lowest BCUT2D eigenvalue weighted by Crippen LogP contribution is -2.03. The molecule has 0 aliphatic heterocycles. The molecule has 0 saturated carbocycles. The first-order valence-electron chi connectivity index (χ1n) is 4.58. The summed E-state index contributed by atoms with van der Waals surface area (Å²) in [4.78, 5) is 3.11. The molecular formula is C11H12FNO2. The van der Waals surface area contributed by atoms with Crippen LogP contribution in [-0.2, 0) is 9.47 Å². The third-order valence-electron chi connectivity index (χ3n) is 2.29. The van der Waals surface area contributed by atoms with Gasteiger partial charge in [0.2, 0.25) is 0 Å². The number of ether oxygens (including phenoxy) is 2. The van der Waals surface area contributed by atoms with Crippen molar-refractivity contribution in [3.05, 3.63) is 35.8 Å². The quantitative estimate of drug-likeness (QED) is 0.788. The molecule has 0 radical (unpaired) electrons. The predicted octanol–water partition coefficient (Wildman–Crippen LogP) is 2.60. The van der Waals surface area contributed by atoms with E-state index in [9.17, 15) is 4.39 Å². The minimum absolute atomic E-state index is 0.251. The standard InChI is InChI=1S/C11H12FNO2/c1-14-11(15-2)10-6-7-5-8(12)3-4-9(7)13-10/h3-6,11,13H,1-2H3. The summed E-state index contributed by atoms with van der Waals surface area (Å²) in [6.45, 7) is 0. The molecule has 0 amide bonds. The van der Waals surface area contributed by atoms with Crippen LogP contribution in [0.3, 0.4) is 0 Å². The van der Waals surface area contributed by atoms with Crippen molar-refractivity contribution in [3.63, 3.8) is 0 Å². The van der Waals surface area contributed by atoms with Crippen LogP contribution in [0.4, 0.5) is 4.39 Å². The van der Waals surface area contributed by atoms with Gasteiger partial charge in [-0.05, 0) is 24.3 Å². The van der Waals surface area contributed by atoms with Crippen molar-refractivity contribution in [1.29, 1.82) is 0 Å². The highest BCUT2D eigenvalue weighted by atomic mass is 19.1. The van der Waals surface area contributed by atoms with E-state index in [0.717, 1.165) is 16.6 Å². The number of hydrogen-bond acceptors (Lipinski definition) is 2. The van der Waals surface area contributed by atoms with Gasteiger partial charge in [-0.15, -0.1) is 0 Å². The van der Waals surface area contributed by atoms with E-state index < -0.39 is 6.29 Å². The molecule has 0 atom stereocenters. The molecule has 0 saturated heterocycles. The van der Waals surface area contributed by atoms with Crippen LogP contribution in [0.2, 0.25) is 0 Å². The zero-order valence-electron chi connectivity index (χ0n) is 8.58. The molecular weight excluding hydrogens is 197 g/mol. The molecule has 1 heterocycles. The molecule has 15 heavy (non-hydrogen) atoms. The Labute approximate surface area is 86.8 Å². The van der Waals surface area contributed by atoms with Gasteiger partial charge in [0, 0.05) is 25.1 Å². The molecule has 3 nitrogen and oxygen atoms in total. The van der Waals surface area contributed by atoms with Gasteiger partial charge in [-0.3, -0.25) is 0 Å². The van der Waals surface area contributed by atoms with Gasteiger partial charge >= 0.3 is 0 Å². The number of rotatable bonds is 3. The first kappa shape index (κ1) is 10.1. The summed E-state index contributed by atoms with van der Waals surface area (Å²) in [5.41, 5.74) is 1.64. The maximum Gasteiger partial charge on any atom is 0.198 e. The van der Waals surface area contributed by atoms with Gasteiger partial charge in [0.1, 0.15) is 5.82 Å². The second-order valence-corrected chi connectivity index (χ2v) is 3.26. The number of benzene rings is 1. The van der Waals surface area contributed by atoms with E-state index >= 15 is 0 Å². The van der Waals surface area contributed by atoms with E-state index in [-0.39, 0.29) is 5.82 Å². The van der Waals surface area contributed by atoms with Crippen molar-refractivity contribution in [2.75, 3.05) is 14.2 Å². The topological polar surface area (TPSA) is 34.2 Å². The number of hydrogen-bond donors (Lipinski definition) is 1. The number of halogens is 1. The third kappa shape index (κ3) is 1.86. The van der Waals surface area contributed by atoms with E-state index in [4.69, 9.17) is 9.47 Å². The maximum absolute atomic E-state index is 12.9. The minimum Gasteiger partial charge on any atom is -0.354 e. The van der Waals surface area contributed by atoms with Gasteiger partial charge in [0.25, 0.3) is 0 Å². The Morgan fingerprint density at radius 2 is 1.93 bits per heavy atom. The van der Waals surface area contributed by atoms with Crippen molar-refractivity contribution >= 4 is 10.9 Å². The van der Waals surface area contributed by atoms with Crippen LogP contribution in [0.15, 0.2) is 24.3 Å². The Balaban J connectivity index is 2.46. The smallest absolute Gasteiger partial charge is 0.198 e. The third-order valence-corrected chi connectivity index (χ3v) is 2.29. The van der Waals surface area contributed by atoms with E-state index in [0.29, 0.717) is 0 Å². The number of nitrogens with one attached hydrogen (secondary N) is 1. The predicted molar refractivity (Wildman–Crippen MR) is 55.0 cm³/mol. The summed E-state index contributed by atoms with van der Waals surface area (Å²) in [5.74, 6) is -0.251. The van der Waals surface area contributed by atoms with Crippen molar-refractivity contribution in [2.45, 2.75) is 6.29 Å². The van der Waals surface area contributed by atoms with Crippen LogP contribution in [0.25, 0.3) is 10.9 Å². The monoisotopic (exact) mass is 209 g/mol. The Kier molecular flexibility index (Phi) is 2.70. The van der Waals surface area contributed by atoms with Gasteiger partial charge < -0.3 is 14.5 Å².